The fourth-order valence-corrected chi connectivity index (χ4v) is 2.96. The lowest BCUT2D eigenvalue weighted by Crippen LogP contribution is -2.27. The first-order chi connectivity index (χ1) is 12.0. The van der Waals surface area contributed by atoms with E-state index in [-0.39, 0.29) is 24.9 Å². The Morgan fingerprint density at radius 2 is 1.84 bits per heavy atom. The van der Waals surface area contributed by atoms with Gasteiger partial charge in [-0.25, -0.2) is 0 Å². The molecule has 0 saturated carbocycles. The van der Waals surface area contributed by atoms with Gasteiger partial charge in [-0.2, -0.15) is 0 Å². The minimum absolute atomic E-state index is 0.0689. The second-order valence-corrected chi connectivity index (χ2v) is 6.34. The van der Waals surface area contributed by atoms with Gasteiger partial charge in [-0.1, -0.05) is 17.3 Å². The van der Waals surface area contributed by atoms with E-state index in [9.17, 15) is 9.59 Å². The van der Waals surface area contributed by atoms with Gasteiger partial charge in [-0.05, 0) is 44.4 Å². The van der Waals surface area contributed by atoms with Crippen molar-refractivity contribution in [2.75, 3.05) is 13.1 Å². The highest BCUT2D eigenvalue weighted by atomic mass is 16.5. The fourth-order valence-electron chi connectivity index (χ4n) is 2.96. The van der Waals surface area contributed by atoms with E-state index >= 15 is 0 Å². The topological polar surface area (TPSA) is 72.6 Å². The minimum atomic E-state index is -0.327. The van der Waals surface area contributed by atoms with E-state index in [1.807, 2.05) is 17.0 Å². The van der Waals surface area contributed by atoms with Crippen LogP contribution < -0.4 is 0 Å². The molecule has 3 rings (SSSR count). The molecule has 0 atom stereocenters. The van der Waals surface area contributed by atoms with Gasteiger partial charge < -0.3 is 14.2 Å². The molecule has 0 bridgehead atoms. The Bertz CT molecular complexity index is 739. The second-order valence-electron chi connectivity index (χ2n) is 6.34. The van der Waals surface area contributed by atoms with Crippen molar-refractivity contribution in [1.29, 1.82) is 0 Å². The van der Waals surface area contributed by atoms with Crippen LogP contribution in [-0.2, 0) is 22.6 Å². The van der Waals surface area contributed by atoms with Crippen molar-refractivity contribution in [3.63, 3.8) is 0 Å². The molecule has 1 aromatic heterocycles. The lowest BCUT2D eigenvalue weighted by atomic mass is 10.1. The summed E-state index contributed by atoms with van der Waals surface area (Å²) in [6, 6.07) is 7.23. The Kier molecular flexibility index (Phi) is 5.16. The van der Waals surface area contributed by atoms with Crippen LogP contribution in [0.5, 0.6) is 0 Å². The van der Waals surface area contributed by atoms with Crippen LogP contribution in [0.25, 0.3) is 0 Å². The number of aromatic nitrogens is 1. The number of ether oxygens (including phenoxy) is 1. The molecular weight excluding hydrogens is 320 g/mol. The monoisotopic (exact) mass is 342 g/mol. The zero-order chi connectivity index (χ0) is 17.8. The number of likely N-dealkylation sites (tertiary alicyclic amines) is 1. The number of benzene rings is 1. The summed E-state index contributed by atoms with van der Waals surface area (Å²) >= 11 is 0. The molecule has 6 heteroatoms. The molecule has 1 aromatic carbocycles. The van der Waals surface area contributed by atoms with Crippen molar-refractivity contribution >= 4 is 11.9 Å². The summed E-state index contributed by atoms with van der Waals surface area (Å²) in [5.41, 5.74) is 3.01. The van der Waals surface area contributed by atoms with Gasteiger partial charge in [0, 0.05) is 24.2 Å². The van der Waals surface area contributed by atoms with Gasteiger partial charge >= 0.3 is 5.97 Å². The maximum atomic E-state index is 12.3. The van der Waals surface area contributed by atoms with Gasteiger partial charge in [0.25, 0.3) is 5.91 Å². The number of rotatable bonds is 5. The number of hydrogen-bond acceptors (Lipinski definition) is 5. The van der Waals surface area contributed by atoms with Crippen LogP contribution in [0.3, 0.4) is 0 Å². The summed E-state index contributed by atoms with van der Waals surface area (Å²) in [6.07, 6.45) is 2.29. The quantitative estimate of drug-likeness (QED) is 0.781. The third-order valence-electron chi connectivity index (χ3n) is 4.50. The standard InChI is InChI=1S/C19H22N2O4/c1-13-17(14(2)25-20-13)11-18(22)24-12-15-5-7-16(8-6-15)19(23)21-9-3-4-10-21/h5-8H,3-4,9-12H2,1-2H3. The molecule has 0 spiro atoms. The van der Waals surface area contributed by atoms with E-state index in [0.717, 1.165) is 37.1 Å². The molecular formula is C19H22N2O4. The predicted octanol–water partition coefficient (Wildman–Crippen LogP) is 2.81. The maximum absolute atomic E-state index is 12.3. The van der Waals surface area contributed by atoms with Crippen molar-refractivity contribution in [2.24, 2.45) is 0 Å². The molecule has 132 valence electrons. The van der Waals surface area contributed by atoms with Crippen molar-refractivity contribution in [3.05, 3.63) is 52.4 Å². The van der Waals surface area contributed by atoms with Crippen molar-refractivity contribution in [1.82, 2.24) is 10.1 Å². The highest BCUT2D eigenvalue weighted by Crippen LogP contribution is 2.15. The van der Waals surface area contributed by atoms with Gasteiger partial charge in [-0.3, -0.25) is 9.59 Å². The molecule has 1 aliphatic rings. The summed E-state index contributed by atoms with van der Waals surface area (Å²) in [6.45, 7) is 5.42. The third kappa shape index (κ3) is 4.07. The Balaban J connectivity index is 1.53. The average molecular weight is 342 g/mol. The molecule has 6 nitrogen and oxygen atoms in total. The third-order valence-corrected chi connectivity index (χ3v) is 4.50. The van der Waals surface area contributed by atoms with Gasteiger partial charge in [-0.15, -0.1) is 0 Å². The SMILES string of the molecule is Cc1noc(C)c1CC(=O)OCc1ccc(C(=O)N2CCCC2)cc1. The molecule has 2 aromatic rings. The second kappa shape index (κ2) is 7.51. The highest BCUT2D eigenvalue weighted by molar-refractivity contribution is 5.94. The number of amides is 1. The minimum Gasteiger partial charge on any atom is -0.461 e. The summed E-state index contributed by atoms with van der Waals surface area (Å²) in [5.74, 6) is 0.380. The number of nitrogens with zero attached hydrogens (tertiary/aromatic N) is 2. The van der Waals surface area contributed by atoms with E-state index in [2.05, 4.69) is 5.16 Å². The highest BCUT2D eigenvalue weighted by Gasteiger charge is 2.19. The van der Waals surface area contributed by atoms with Crippen LogP contribution in [0.2, 0.25) is 0 Å². The molecule has 1 aliphatic heterocycles. The maximum Gasteiger partial charge on any atom is 0.310 e. The largest absolute Gasteiger partial charge is 0.461 e. The van der Waals surface area contributed by atoms with E-state index in [1.54, 1.807) is 26.0 Å². The number of carbonyl (C=O) groups excluding carboxylic acids is 2. The molecule has 2 heterocycles. The van der Waals surface area contributed by atoms with Crippen LogP contribution in [0.1, 0.15) is 45.8 Å². The smallest absolute Gasteiger partial charge is 0.310 e. The lowest BCUT2D eigenvalue weighted by molar-refractivity contribution is -0.144. The molecule has 0 N–H and O–H groups in total. The van der Waals surface area contributed by atoms with Gasteiger partial charge in [0.05, 0.1) is 12.1 Å². The van der Waals surface area contributed by atoms with Gasteiger partial charge in [0.15, 0.2) is 0 Å². The number of hydrogen-bond donors (Lipinski definition) is 0. The van der Waals surface area contributed by atoms with Gasteiger partial charge in [0.1, 0.15) is 12.4 Å². The van der Waals surface area contributed by atoms with Crippen LogP contribution in [0.4, 0.5) is 0 Å². The predicted molar refractivity (Wildman–Crippen MR) is 91.1 cm³/mol. The zero-order valence-electron chi connectivity index (χ0n) is 14.6. The zero-order valence-corrected chi connectivity index (χ0v) is 14.6. The molecule has 1 saturated heterocycles. The summed E-state index contributed by atoms with van der Waals surface area (Å²) in [4.78, 5) is 26.2. The van der Waals surface area contributed by atoms with Crippen molar-refractivity contribution < 1.29 is 18.8 Å². The van der Waals surface area contributed by atoms with Crippen LogP contribution >= 0.6 is 0 Å². The van der Waals surface area contributed by atoms with Crippen molar-refractivity contribution in [3.8, 4) is 0 Å². The van der Waals surface area contributed by atoms with Crippen LogP contribution in [-0.4, -0.2) is 35.0 Å². The number of esters is 1. The first-order valence-electron chi connectivity index (χ1n) is 8.50. The molecule has 0 aliphatic carbocycles. The first kappa shape index (κ1) is 17.2. The Morgan fingerprint density at radius 3 is 2.44 bits per heavy atom. The average Bonchev–Trinajstić information content (AvgIpc) is 3.26. The summed E-state index contributed by atoms with van der Waals surface area (Å²) in [5, 5.41) is 3.83. The Morgan fingerprint density at radius 1 is 1.16 bits per heavy atom. The lowest BCUT2D eigenvalue weighted by Gasteiger charge is -2.15. The molecule has 0 radical (unpaired) electrons. The first-order valence-corrected chi connectivity index (χ1v) is 8.50. The molecule has 25 heavy (non-hydrogen) atoms. The van der Waals surface area contributed by atoms with Gasteiger partial charge in [0.2, 0.25) is 0 Å². The van der Waals surface area contributed by atoms with Crippen LogP contribution in [0, 0.1) is 13.8 Å². The van der Waals surface area contributed by atoms with E-state index in [1.165, 1.54) is 0 Å². The Hall–Kier alpha value is -2.63. The molecule has 1 amide bonds. The van der Waals surface area contributed by atoms with Crippen LogP contribution in [0.15, 0.2) is 28.8 Å². The Labute approximate surface area is 146 Å². The number of carbonyl (C=O) groups is 2. The normalized spacial score (nSPS) is 13.9. The number of aryl methyl sites for hydroxylation is 2. The fraction of sp³-hybridized carbons (Fsp3) is 0.421. The summed E-state index contributed by atoms with van der Waals surface area (Å²) < 4.78 is 10.4. The van der Waals surface area contributed by atoms with E-state index in [0.29, 0.717) is 17.0 Å². The summed E-state index contributed by atoms with van der Waals surface area (Å²) in [7, 11) is 0. The van der Waals surface area contributed by atoms with E-state index in [4.69, 9.17) is 9.26 Å². The molecule has 0 unspecified atom stereocenters. The van der Waals surface area contributed by atoms with Crippen molar-refractivity contribution in [2.45, 2.75) is 39.7 Å². The van der Waals surface area contributed by atoms with E-state index < -0.39 is 0 Å². The molecule has 1 fully saturated rings.